The fraction of sp³-hybridized carbons (Fsp3) is 0.412. The van der Waals surface area contributed by atoms with Crippen molar-refractivity contribution in [2.45, 2.75) is 19.8 Å². The Bertz CT molecular complexity index is 651. The Morgan fingerprint density at radius 2 is 1.87 bits per heavy atom. The van der Waals surface area contributed by atoms with Crippen molar-refractivity contribution in [3.05, 3.63) is 30.6 Å². The topological polar surface area (TPSA) is 76.3 Å². The molecule has 0 unspecified atom stereocenters. The van der Waals surface area contributed by atoms with Crippen molar-refractivity contribution in [2.24, 2.45) is 5.92 Å². The van der Waals surface area contributed by atoms with Gasteiger partial charge in [0, 0.05) is 18.8 Å². The van der Waals surface area contributed by atoms with Crippen molar-refractivity contribution in [3.63, 3.8) is 0 Å². The number of anilines is 4. The van der Waals surface area contributed by atoms with Crippen molar-refractivity contribution in [3.8, 4) is 5.75 Å². The molecule has 6 nitrogen and oxygen atoms in total. The summed E-state index contributed by atoms with van der Waals surface area (Å²) < 4.78 is 5.17. The van der Waals surface area contributed by atoms with Crippen LogP contribution in [0.25, 0.3) is 0 Å². The van der Waals surface area contributed by atoms with Crippen LogP contribution < -0.4 is 20.7 Å². The monoisotopic (exact) mass is 313 g/mol. The summed E-state index contributed by atoms with van der Waals surface area (Å²) in [6.07, 6.45) is 3.91. The predicted molar refractivity (Wildman–Crippen MR) is 93.3 cm³/mol. The Balaban J connectivity index is 1.78. The molecule has 0 saturated carbocycles. The number of nitrogen functional groups attached to an aromatic ring is 1. The van der Waals surface area contributed by atoms with E-state index >= 15 is 0 Å². The van der Waals surface area contributed by atoms with Crippen LogP contribution in [0.3, 0.4) is 0 Å². The van der Waals surface area contributed by atoms with Gasteiger partial charge in [-0.3, -0.25) is 0 Å². The average Bonchev–Trinajstić information content (AvgIpc) is 2.58. The summed E-state index contributed by atoms with van der Waals surface area (Å²) in [5.74, 6) is 3.04. The van der Waals surface area contributed by atoms with E-state index in [4.69, 9.17) is 10.5 Å². The number of rotatable bonds is 4. The maximum absolute atomic E-state index is 6.30. The number of ether oxygens (including phenoxy) is 1. The zero-order valence-electron chi connectivity index (χ0n) is 13.6. The number of hydrogen-bond acceptors (Lipinski definition) is 6. The second-order valence-electron chi connectivity index (χ2n) is 5.98. The molecule has 6 heteroatoms. The molecule has 3 N–H and O–H groups in total. The smallest absolute Gasteiger partial charge is 0.159 e. The highest BCUT2D eigenvalue weighted by molar-refractivity contribution is 5.78. The maximum atomic E-state index is 6.30. The lowest BCUT2D eigenvalue weighted by molar-refractivity contribution is 0.415. The minimum Gasteiger partial charge on any atom is -0.497 e. The van der Waals surface area contributed by atoms with Crippen molar-refractivity contribution in [1.29, 1.82) is 0 Å². The van der Waals surface area contributed by atoms with Crippen LogP contribution in [0.2, 0.25) is 0 Å². The third-order valence-corrected chi connectivity index (χ3v) is 4.30. The largest absolute Gasteiger partial charge is 0.497 e. The third kappa shape index (κ3) is 3.47. The van der Waals surface area contributed by atoms with E-state index in [0.717, 1.165) is 36.3 Å². The van der Waals surface area contributed by atoms with E-state index < -0.39 is 0 Å². The first-order chi connectivity index (χ1) is 11.2. The Morgan fingerprint density at radius 3 is 2.52 bits per heavy atom. The SMILES string of the molecule is COc1ccc(Nc2ncnc(N3CCC(C)CC3)c2N)cc1. The molecule has 122 valence electrons. The number of nitrogens with zero attached hydrogens (tertiary/aromatic N) is 3. The van der Waals surface area contributed by atoms with E-state index in [1.54, 1.807) is 13.4 Å². The number of aromatic nitrogens is 2. The lowest BCUT2D eigenvalue weighted by Crippen LogP contribution is -2.34. The number of methoxy groups -OCH3 is 1. The summed E-state index contributed by atoms with van der Waals surface area (Å²) in [7, 11) is 1.65. The summed E-state index contributed by atoms with van der Waals surface area (Å²) in [6.45, 7) is 4.27. The van der Waals surface area contributed by atoms with Gasteiger partial charge in [0.2, 0.25) is 0 Å². The van der Waals surface area contributed by atoms with Gasteiger partial charge >= 0.3 is 0 Å². The van der Waals surface area contributed by atoms with Gasteiger partial charge in [0.25, 0.3) is 0 Å². The van der Waals surface area contributed by atoms with Gasteiger partial charge in [-0.2, -0.15) is 0 Å². The lowest BCUT2D eigenvalue weighted by Gasteiger charge is -2.32. The molecule has 1 saturated heterocycles. The first-order valence-corrected chi connectivity index (χ1v) is 7.94. The zero-order valence-corrected chi connectivity index (χ0v) is 13.6. The Hall–Kier alpha value is -2.50. The molecule has 0 aliphatic carbocycles. The summed E-state index contributed by atoms with van der Waals surface area (Å²) in [5.41, 5.74) is 7.81. The summed E-state index contributed by atoms with van der Waals surface area (Å²) in [4.78, 5) is 10.9. The molecule has 1 aliphatic heterocycles. The highest BCUT2D eigenvalue weighted by Crippen LogP contribution is 2.31. The van der Waals surface area contributed by atoms with E-state index in [2.05, 4.69) is 27.1 Å². The molecule has 2 heterocycles. The molecule has 2 aromatic rings. The molecule has 1 aliphatic rings. The summed E-state index contributed by atoms with van der Waals surface area (Å²) in [5, 5.41) is 3.25. The molecule has 1 aromatic carbocycles. The molecular formula is C17H23N5O. The van der Waals surface area contributed by atoms with E-state index in [9.17, 15) is 0 Å². The van der Waals surface area contributed by atoms with Crippen molar-refractivity contribution in [2.75, 3.05) is 36.1 Å². The van der Waals surface area contributed by atoms with Crippen LogP contribution in [-0.2, 0) is 0 Å². The van der Waals surface area contributed by atoms with Gasteiger partial charge in [-0.1, -0.05) is 6.92 Å². The van der Waals surface area contributed by atoms with Crippen molar-refractivity contribution >= 4 is 23.0 Å². The second kappa shape index (κ2) is 6.73. The van der Waals surface area contributed by atoms with Gasteiger partial charge in [-0.25, -0.2) is 9.97 Å². The van der Waals surface area contributed by atoms with Gasteiger partial charge < -0.3 is 20.7 Å². The van der Waals surface area contributed by atoms with Crippen LogP contribution in [0, 0.1) is 5.92 Å². The molecule has 3 rings (SSSR count). The molecule has 1 aromatic heterocycles. The second-order valence-corrected chi connectivity index (χ2v) is 5.98. The van der Waals surface area contributed by atoms with Gasteiger partial charge in [0.15, 0.2) is 11.6 Å². The number of nitrogens with one attached hydrogen (secondary N) is 1. The number of hydrogen-bond donors (Lipinski definition) is 2. The van der Waals surface area contributed by atoms with Gasteiger partial charge in [-0.05, 0) is 43.0 Å². The van der Waals surface area contributed by atoms with E-state index in [1.807, 2.05) is 24.3 Å². The van der Waals surface area contributed by atoms with Crippen LogP contribution in [0.1, 0.15) is 19.8 Å². The van der Waals surface area contributed by atoms with Crippen molar-refractivity contribution < 1.29 is 4.74 Å². The first kappa shape index (κ1) is 15.4. The Kier molecular flexibility index (Phi) is 4.50. The minimum absolute atomic E-state index is 0.595. The lowest BCUT2D eigenvalue weighted by atomic mass is 9.99. The molecule has 0 amide bonds. The van der Waals surface area contributed by atoms with Crippen LogP contribution in [0.15, 0.2) is 30.6 Å². The van der Waals surface area contributed by atoms with Crippen molar-refractivity contribution in [1.82, 2.24) is 9.97 Å². The molecule has 0 atom stereocenters. The van der Waals surface area contributed by atoms with E-state index in [0.29, 0.717) is 11.5 Å². The normalized spacial score (nSPS) is 15.5. The van der Waals surface area contributed by atoms with E-state index in [1.165, 1.54) is 12.8 Å². The third-order valence-electron chi connectivity index (χ3n) is 4.30. The molecule has 1 fully saturated rings. The van der Waals surface area contributed by atoms with Crippen LogP contribution >= 0.6 is 0 Å². The number of nitrogens with two attached hydrogens (primary N) is 1. The summed E-state index contributed by atoms with van der Waals surface area (Å²) >= 11 is 0. The predicted octanol–water partition coefficient (Wildman–Crippen LogP) is 3.05. The van der Waals surface area contributed by atoms with E-state index in [-0.39, 0.29) is 0 Å². The van der Waals surface area contributed by atoms with Crippen LogP contribution in [0.4, 0.5) is 23.0 Å². The van der Waals surface area contributed by atoms with Gasteiger partial charge in [0.05, 0.1) is 7.11 Å². The highest BCUT2D eigenvalue weighted by atomic mass is 16.5. The molecular weight excluding hydrogens is 290 g/mol. The quantitative estimate of drug-likeness (QED) is 0.903. The zero-order chi connectivity index (χ0) is 16.2. The number of piperidine rings is 1. The molecule has 23 heavy (non-hydrogen) atoms. The maximum Gasteiger partial charge on any atom is 0.159 e. The van der Waals surface area contributed by atoms with Crippen LogP contribution in [-0.4, -0.2) is 30.2 Å². The Morgan fingerprint density at radius 1 is 1.17 bits per heavy atom. The number of benzene rings is 1. The first-order valence-electron chi connectivity index (χ1n) is 7.94. The van der Waals surface area contributed by atoms with Gasteiger partial charge in [-0.15, -0.1) is 0 Å². The van der Waals surface area contributed by atoms with Gasteiger partial charge in [0.1, 0.15) is 17.8 Å². The standard InChI is InChI=1S/C17H23N5O/c1-12-7-9-22(10-8-12)17-15(18)16(19-11-20-17)21-13-3-5-14(23-2)6-4-13/h3-6,11-12H,7-10,18H2,1-2H3,(H,19,20,21). The average molecular weight is 313 g/mol. The fourth-order valence-electron chi connectivity index (χ4n) is 2.77. The minimum atomic E-state index is 0.595. The van der Waals surface area contributed by atoms with Crippen LogP contribution in [0.5, 0.6) is 5.75 Å². The summed E-state index contributed by atoms with van der Waals surface area (Å²) in [6, 6.07) is 7.66. The fourth-order valence-corrected chi connectivity index (χ4v) is 2.77. The molecule has 0 radical (unpaired) electrons. The highest BCUT2D eigenvalue weighted by Gasteiger charge is 2.20. The Labute approximate surface area is 136 Å². The molecule has 0 spiro atoms. The molecule has 0 bridgehead atoms.